The summed E-state index contributed by atoms with van der Waals surface area (Å²) in [5, 5.41) is 8.99. The molecule has 0 aliphatic rings. The van der Waals surface area contributed by atoms with E-state index in [0.29, 0.717) is 5.56 Å². The molecule has 0 aromatic heterocycles. The maximum absolute atomic E-state index is 10.9. The van der Waals surface area contributed by atoms with E-state index in [4.69, 9.17) is 5.11 Å². The Labute approximate surface area is 116 Å². The summed E-state index contributed by atoms with van der Waals surface area (Å²) < 4.78 is 0. The van der Waals surface area contributed by atoms with Crippen LogP contribution in [-0.2, 0) is 6.42 Å². The number of aryl methyl sites for hydroxylation is 2. The van der Waals surface area contributed by atoms with Gasteiger partial charge in [-0.25, -0.2) is 4.79 Å². The Morgan fingerprint density at radius 3 is 2.47 bits per heavy atom. The molecule has 1 aromatic carbocycles. The summed E-state index contributed by atoms with van der Waals surface area (Å²) in [4.78, 5) is 10.9. The number of benzene rings is 1. The minimum atomic E-state index is -0.835. The van der Waals surface area contributed by atoms with Crippen LogP contribution in [0, 0.1) is 12.8 Å². The number of hydrogen-bond donors (Lipinski definition) is 1. The number of carbonyl (C=O) groups is 1. The molecule has 0 aliphatic heterocycles. The van der Waals surface area contributed by atoms with Crippen molar-refractivity contribution in [3.63, 3.8) is 0 Å². The molecule has 1 N–H and O–H groups in total. The SMILES string of the molecule is Cc1ccc(C(=O)O)cc1CCCCCCC(C)C. The van der Waals surface area contributed by atoms with Crippen LogP contribution in [0.4, 0.5) is 0 Å². The third-order valence-electron chi connectivity index (χ3n) is 3.57. The van der Waals surface area contributed by atoms with Crippen molar-refractivity contribution in [2.24, 2.45) is 5.92 Å². The topological polar surface area (TPSA) is 37.3 Å². The van der Waals surface area contributed by atoms with E-state index in [2.05, 4.69) is 20.8 Å². The second-order valence-electron chi connectivity index (χ2n) is 5.79. The van der Waals surface area contributed by atoms with Gasteiger partial charge in [-0.05, 0) is 48.9 Å². The van der Waals surface area contributed by atoms with Crippen LogP contribution < -0.4 is 0 Å². The first-order chi connectivity index (χ1) is 9.00. The van der Waals surface area contributed by atoms with Crippen LogP contribution in [0.25, 0.3) is 0 Å². The van der Waals surface area contributed by atoms with Crippen LogP contribution in [0.1, 0.15) is 67.4 Å². The Morgan fingerprint density at radius 2 is 1.84 bits per heavy atom. The number of hydrogen-bond acceptors (Lipinski definition) is 1. The van der Waals surface area contributed by atoms with Gasteiger partial charge in [-0.15, -0.1) is 0 Å². The van der Waals surface area contributed by atoms with Crippen molar-refractivity contribution in [2.45, 2.75) is 59.3 Å². The Morgan fingerprint density at radius 1 is 1.16 bits per heavy atom. The lowest BCUT2D eigenvalue weighted by molar-refractivity contribution is 0.0696. The Bertz CT molecular complexity index is 408. The first kappa shape index (κ1) is 15.7. The van der Waals surface area contributed by atoms with Crippen LogP contribution in [0.2, 0.25) is 0 Å². The van der Waals surface area contributed by atoms with Gasteiger partial charge in [0.05, 0.1) is 5.56 Å². The molecule has 2 heteroatoms. The Hall–Kier alpha value is -1.31. The molecular formula is C17H26O2. The van der Waals surface area contributed by atoms with Crippen molar-refractivity contribution >= 4 is 5.97 Å². The molecule has 0 bridgehead atoms. The van der Waals surface area contributed by atoms with Crippen LogP contribution >= 0.6 is 0 Å². The lowest BCUT2D eigenvalue weighted by Crippen LogP contribution is -1.99. The predicted molar refractivity (Wildman–Crippen MR) is 79.8 cm³/mol. The molecule has 0 aliphatic carbocycles. The summed E-state index contributed by atoms with van der Waals surface area (Å²) in [6.45, 7) is 6.58. The molecule has 19 heavy (non-hydrogen) atoms. The highest BCUT2D eigenvalue weighted by molar-refractivity contribution is 5.87. The van der Waals surface area contributed by atoms with E-state index < -0.39 is 5.97 Å². The molecule has 0 radical (unpaired) electrons. The molecule has 0 heterocycles. The van der Waals surface area contributed by atoms with Gasteiger partial charge < -0.3 is 5.11 Å². The zero-order valence-electron chi connectivity index (χ0n) is 12.4. The summed E-state index contributed by atoms with van der Waals surface area (Å²) in [5.74, 6) is -0.0346. The summed E-state index contributed by atoms with van der Waals surface area (Å²) >= 11 is 0. The van der Waals surface area contributed by atoms with Crippen LogP contribution in [0.5, 0.6) is 0 Å². The summed E-state index contributed by atoms with van der Waals surface area (Å²) in [7, 11) is 0. The molecular weight excluding hydrogens is 236 g/mol. The molecule has 2 nitrogen and oxygen atoms in total. The molecule has 1 aromatic rings. The standard InChI is InChI=1S/C17H26O2/c1-13(2)8-6-4-5-7-9-15-12-16(17(18)19)11-10-14(15)3/h10-13H,4-9H2,1-3H3,(H,18,19). The summed E-state index contributed by atoms with van der Waals surface area (Å²) in [5.41, 5.74) is 2.79. The van der Waals surface area contributed by atoms with E-state index >= 15 is 0 Å². The average Bonchev–Trinajstić information content (AvgIpc) is 2.34. The quantitative estimate of drug-likeness (QED) is 0.680. The molecule has 106 valence electrons. The van der Waals surface area contributed by atoms with Crippen LogP contribution in [-0.4, -0.2) is 11.1 Å². The maximum Gasteiger partial charge on any atom is 0.335 e. The highest BCUT2D eigenvalue weighted by Gasteiger charge is 2.06. The van der Waals surface area contributed by atoms with Crippen molar-refractivity contribution in [1.82, 2.24) is 0 Å². The summed E-state index contributed by atoms with van der Waals surface area (Å²) in [6.07, 6.45) is 7.30. The van der Waals surface area contributed by atoms with Gasteiger partial charge in [0.25, 0.3) is 0 Å². The van der Waals surface area contributed by atoms with Gasteiger partial charge in [0.1, 0.15) is 0 Å². The second kappa shape index (κ2) is 7.98. The van der Waals surface area contributed by atoms with E-state index in [9.17, 15) is 4.79 Å². The number of carboxylic acids is 1. The van der Waals surface area contributed by atoms with E-state index in [0.717, 1.165) is 18.8 Å². The maximum atomic E-state index is 10.9. The van der Waals surface area contributed by atoms with Gasteiger partial charge in [0.2, 0.25) is 0 Å². The van der Waals surface area contributed by atoms with Crippen molar-refractivity contribution in [2.75, 3.05) is 0 Å². The van der Waals surface area contributed by atoms with Crippen molar-refractivity contribution in [1.29, 1.82) is 0 Å². The fraction of sp³-hybridized carbons (Fsp3) is 0.588. The number of aromatic carboxylic acids is 1. The highest BCUT2D eigenvalue weighted by atomic mass is 16.4. The van der Waals surface area contributed by atoms with E-state index in [1.165, 1.54) is 36.8 Å². The minimum absolute atomic E-state index is 0.403. The lowest BCUT2D eigenvalue weighted by Gasteiger charge is -2.08. The first-order valence-corrected chi connectivity index (χ1v) is 7.33. The van der Waals surface area contributed by atoms with E-state index in [1.807, 2.05) is 12.1 Å². The molecule has 1 rings (SSSR count). The molecule has 0 amide bonds. The number of rotatable bonds is 8. The van der Waals surface area contributed by atoms with E-state index in [-0.39, 0.29) is 0 Å². The average molecular weight is 262 g/mol. The van der Waals surface area contributed by atoms with Crippen molar-refractivity contribution < 1.29 is 9.90 Å². The highest BCUT2D eigenvalue weighted by Crippen LogP contribution is 2.16. The molecule has 0 saturated heterocycles. The van der Waals surface area contributed by atoms with Gasteiger partial charge >= 0.3 is 5.97 Å². The second-order valence-corrected chi connectivity index (χ2v) is 5.79. The van der Waals surface area contributed by atoms with Crippen molar-refractivity contribution in [3.05, 3.63) is 34.9 Å². The van der Waals surface area contributed by atoms with Crippen LogP contribution in [0.3, 0.4) is 0 Å². The molecule has 0 fully saturated rings. The third-order valence-corrected chi connectivity index (χ3v) is 3.57. The Balaban J connectivity index is 2.36. The van der Waals surface area contributed by atoms with Gasteiger partial charge in [0, 0.05) is 0 Å². The zero-order valence-corrected chi connectivity index (χ0v) is 12.4. The van der Waals surface area contributed by atoms with Gasteiger partial charge in [0.15, 0.2) is 0 Å². The molecule has 0 saturated carbocycles. The summed E-state index contributed by atoms with van der Waals surface area (Å²) in [6, 6.07) is 5.42. The predicted octanol–water partition coefficient (Wildman–Crippen LogP) is 4.84. The first-order valence-electron chi connectivity index (χ1n) is 7.33. The fourth-order valence-electron chi connectivity index (χ4n) is 2.30. The number of carboxylic acid groups (broad SMARTS) is 1. The Kier molecular flexibility index (Phi) is 6.61. The number of unbranched alkanes of at least 4 members (excludes halogenated alkanes) is 3. The minimum Gasteiger partial charge on any atom is -0.478 e. The van der Waals surface area contributed by atoms with Crippen molar-refractivity contribution in [3.8, 4) is 0 Å². The lowest BCUT2D eigenvalue weighted by atomic mass is 9.98. The fourth-order valence-corrected chi connectivity index (χ4v) is 2.30. The third kappa shape index (κ3) is 5.91. The van der Waals surface area contributed by atoms with Gasteiger partial charge in [-0.2, -0.15) is 0 Å². The smallest absolute Gasteiger partial charge is 0.335 e. The van der Waals surface area contributed by atoms with Gasteiger partial charge in [-0.1, -0.05) is 45.6 Å². The largest absolute Gasteiger partial charge is 0.478 e. The zero-order chi connectivity index (χ0) is 14.3. The normalized spacial score (nSPS) is 10.9. The van der Waals surface area contributed by atoms with Crippen LogP contribution in [0.15, 0.2) is 18.2 Å². The molecule has 0 spiro atoms. The van der Waals surface area contributed by atoms with Gasteiger partial charge in [-0.3, -0.25) is 0 Å². The molecule has 0 atom stereocenters. The van der Waals surface area contributed by atoms with E-state index in [1.54, 1.807) is 6.07 Å². The molecule has 0 unspecified atom stereocenters. The monoisotopic (exact) mass is 262 g/mol.